The molecule has 0 bridgehead atoms. The van der Waals surface area contributed by atoms with E-state index in [0.29, 0.717) is 30.8 Å². The van der Waals surface area contributed by atoms with Crippen LogP contribution in [0.25, 0.3) is 0 Å². The first-order chi connectivity index (χ1) is 10.0. The molecular weight excluding hydrogens is 279 g/mol. The van der Waals surface area contributed by atoms with E-state index in [1.165, 1.54) is 0 Å². The lowest BCUT2D eigenvalue weighted by Crippen LogP contribution is -2.26. The van der Waals surface area contributed by atoms with Crippen LogP contribution in [-0.4, -0.2) is 16.3 Å². The van der Waals surface area contributed by atoms with Crippen LogP contribution in [0.3, 0.4) is 0 Å². The van der Waals surface area contributed by atoms with Crippen LogP contribution in [0.5, 0.6) is 0 Å². The lowest BCUT2D eigenvalue weighted by atomic mass is 10.0. The number of rotatable bonds is 6. The molecule has 0 radical (unpaired) electrons. The fraction of sp³-hybridized carbons (Fsp3) is 0.400. The van der Waals surface area contributed by atoms with Crippen molar-refractivity contribution in [3.63, 3.8) is 0 Å². The molecule has 0 aliphatic heterocycles. The molecule has 1 heterocycles. The number of nitrogens with zero attached hydrogens (tertiary/aromatic N) is 2. The zero-order valence-electron chi connectivity index (χ0n) is 12.0. The van der Waals surface area contributed by atoms with Crippen molar-refractivity contribution in [3.05, 3.63) is 53.1 Å². The van der Waals surface area contributed by atoms with Crippen molar-refractivity contribution < 1.29 is 13.2 Å². The second-order valence-corrected chi connectivity index (χ2v) is 4.97. The second kappa shape index (κ2) is 6.76. The molecule has 0 spiro atoms. The van der Waals surface area contributed by atoms with Crippen molar-refractivity contribution in [2.45, 2.75) is 25.8 Å². The van der Waals surface area contributed by atoms with Gasteiger partial charge in [-0.05, 0) is 19.0 Å². The third kappa shape index (κ3) is 3.85. The van der Waals surface area contributed by atoms with E-state index in [9.17, 15) is 13.2 Å². The Morgan fingerprint density at radius 3 is 2.43 bits per heavy atom. The highest BCUT2D eigenvalue weighted by molar-refractivity contribution is 5.25. The summed E-state index contributed by atoms with van der Waals surface area (Å²) in [6.45, 7) is 2.57. The predicted octanol–water partition coefficient (Wildman–Crippen LogP) is 3.12. The molecule has 1 aromatic heterocycles. The van der Waals surface area contributed by atoms with E-state index in [1.807, 2.05) is 6.92 Å². The van der Waals surface area contributed by atoms with Gasteiger partial charge in [0.25, 0.3) is 0 Å². The lowest BCUT2D eigenvalue weighted by molar-refractivity contribution is 0.451. The fourth-order valence-electron chi connectivity index (χ4n) is 2.26. The maximum atomic E-state index is 14.0. The molecule has 3 nitrogen and oxygen atoms in total. The second-order valence-electron chi connectivity index (χ2n) is 4.97. The minimum absolute atomic E-state index is 0.143. The maximum Gasteiger partial charge on any atom is 0.133 e. The van der Waals surface area contributed by atoms with Crippen molar-refractivity contribution in [2.75, 3.05) is 6.54 Å². The summed E-state index contributed by atoms with van der Waals surface area (Å²) in [6, 6.07) is 2.62. The van der Waals surface area contributed by atoms with E-state index in [2.05, 4.69) is 10.4 Å². The molecule has 21 heavy (non-hydrogen) atoms. The number of hydrogen-bond donors (Lipinski definition) is 1. The van der Waals surface area contributed by atoms with Crippen LogP contribution < -0.4 is 5.32 Å². The Morgan fingerprint density at radius 1 is 1.24 bits per heavy atom. The van der Waals surface area contributed by atoms with Crippen LogP contribution in [0, 0.1) is 17.5 Å². The Labute approximate surface area is 121 Å². The summed E-state index contributed by atoms with van der Waals surface area (Å²) in [5, 5.41) is 7.31. The summed E-state index contributed by atoms with van der Waals surface area (Å²) in [7, 11) is 1.77. The first-order valence-electron chi connectivity index (χ1n) is 6.87. The van der Waals surface area contributed by atoms with Gasteiger partial charge in [0.05, 0.1) is 5.69 Å². The largest absolute Gasteiger partial charge is 0.309 e. The smallest absolute Gasteiger partial charge is 0.133 e. The quantitative estimate of drug-likeness (QED) is 0.888. The predicted molar refractivity (Wildman–Crippen MR) is 74.3 cm³/mol. The lowest BCUT2D eigenvalue weighted by Gasteiger charge is -2.19. The molecule has 2 aromatic rings. The highest BCUT2D eigenvalue weighted by Gasteiger charge is 2.22. The van der Waals surface area contributed by atoms with Gasteiger partial charge in [-0.1, -0.05) is 6.92 Å². The van der Waals surface area contributed by atoms with E-state index in [0.717, 1.165) is 6.42 Å². The Hall–Kier alpha value is -1.82. The van der Waals surface area contributed by atoms with Crippen molar-refractivity contribution >= 4 is 0 Å². The summed E-state index contributed by atoms with van der Waals surface area (Å²) in [5.74, 6) is -2.67. The van der Waals surface area contributed by atoms with Crippen LogP contribution in [-0.2, 0) is 13.5 Å². The third-order valence-electron chi connectivity index (χ3n) is 3.22. The van der Waals surface area contributed by atoms with Gasteiger partial charge in [0, 0.05) is 43.4 Å². The van der Waals surface area contributed by atoms with Gasteiger partial charge in [-0.2, -0.15) is 5.10 Å². The van der Waals surface area contributed by atoms with Crippen molar-refractivity contribution in [1.29, 1.82) is 0 Å². The van der Waals surface area contributed by atoms with Crippen LogP contribution in [0.2, 0.25) is 0 Å². The Kier molecular flexibility index (Phi) is 5.01. The number of nitrogens with one attached hydrogen (secondary N) is 1. The summed E-state index contributed by atoms with van der Waals surface area (Å²) in [6.07, 6.45) is 2.92. The molecule has 1 N–H and O–H groups in total. The van der Waals surface area contributed by atoms with Gasteiger partial charge >= 0.3 is 0 Å². The zero-order chi connectivity index (χ0) is 15.4. The van der Waals surface area contributed by atoms with Gasteiger partial charge in [0.2, 0.25) is 0 Å². The van der Waals surface area contributed by atoms with E-state index in [1.54, 1.807) is 24.0 Å². The van der Waals surface area contributed by atoms with Gasteiger partial charge in [-0.15, -0.1) is 0 Å². The van der Waals surface area contributed by atoms with Gasteiger partial charge in [-0.25, -0.2) is 13.2 Å². The van der Waals surface area contributed by atoms with Gasteiger partial charge < -0.3 is 5.32 Å². The average molecular weight is 297 g/mol. The van der Waals surface area contributed by atoms with Crippen LogP contribution in [0.15, 0.2) is 24.4 Å². The minimum Gasteiger partial charge on any atom is -0.309 e. The maximum absolute atomic E-state index is 14.0. The Balaban J connectivity index is 2.31. The molecule has 0 aliphatic rings. The van der Waals surface area contributed by atoms with Crippen LogP contribution in [0.4, 0.5) is 13.2 Å². The summed E-state index contributed by atoms with van der Waals surface area (Å²) in [5.41, 5.74) is 0.574. The number of aryl methyl sites for hydroxylation is 1. The van der Waals surface area contributed by atoms with E-state index in [4.69, 9.17) is 0 Å². The number of aromatic nitrogens is 2. The summed E-state index contributed by atoms with van der Waals surface area (Å²) < 4.78 is 42.6. The van der Waals surface area contributed by atoms with E-state index in [-0.39, 0.29) is 5.56 Å². The monoisotopic (exact) mass is 297 g/mol. The topological polar surface area (TPSA) is 29.9 Å². The van der Waals surface area contributed by atoms with E-state index >= 15 is 0 Å². The van der Waals surface area contributed by atoms with Crippen LogP contribution >= 0.6 is 0 Å². The molecule has 114 valence electrons. The van der Waals surface area contributed by atoms with Gasteiger partial charge in [0.1, 0.15) is 17.5 Å². The zero-order valence-corrected chi connectivity index (χ0v) is 12.0. The molecule has 1 atom stereocenters. The molecule has 0 amide bonds. The molecule has 1 aromatic carbocycles. The first kappa shape index (κ1) is 15.6. The van der Waals surface area contributed by atoms with Gasteiger partial charge in [0.15, 0.2) is 0 Å². The Bertz CT molecular complexity index is 587. The van der Waals surface area contributed by atoms with Crippen molar-refractivity contribution in [1.82, 2.24) is 15.1 Å². The Morgan fingerprint density at radius 2 is 1.90 bits per heavy atom. The third-order valence-corrected chi connectivity index (χ3v) is 3.22. The normalized spacial score (nSPS) is 12.6. The van der Waals surface area contributed by atoms with Crippen LogP contribution in [0.1, 0.15) is 30.6 Å². The first-order valence-corrected chi connectivity index (χ1v) is 6.87. The average Bonchev–Trinajstić information content (AvgIpc) is 2.80. The molecule has 1 unspecified atom stereocenters. The van der Waals surface area contributed by atoms with Crippen molar-refractivity contribution in [2.24, 2.45) is 7.05 Å². The molecule has 6 heteroatoms. The molecule has 0 aliphatic carbocycles. The fourth-order valence-corrected chi connectivity index (χ4v) is 2.26. The molecule has 0 saturated heterocycles. The number of halogens is 3. The number of benzene rings is 1. The highest BCUT2D eigenvalue weighted by atomic mass is 19.1. The molecule has 2 rings (SSSR count). The summed E-state index contributed by atoms with van der Waals surface area (Å²) >= 11 is 0. The molecular formula is C15H18F3N3. The molecule has 0 fully saturated rings. The van der Waals surface area contributed by atoms with E-state index < -0.39 is 23.5 Å². The molecule has 0 saturated carbocycles. The van der Waals surface area contributed by atoms with Crippen molar-refractivity contribution in [3.8, 4) is 0 Å². The highest BCUT2D eigenvalue weighted by Crippen LogP contribution is 2.25. The SMILES string of the molecule is CCCNC(Cc1ccn(C)n1)c1c(F)cc(F)cc1F. The standard InChI is InChI=1S/C15H18F3N3/c1-3-5-19-14(9-11-4-6-21(2)20-11)15-12(17)7-10(16)8-13(15)18/h4,6-8,14,19H,3,5,9H2,1-2H3. The van der Waals surface area contributed by atoms with Gasteiger partial charge in [-0.3, -0.25) is 4.68 Å². The number of hydrogen-bond acceptors (Lipinski definition) is 2. The summed E-state index contributed by atoms with van der Waals surface area (Å²) in [4.78, 5) is 0. The minimum atomic E-state index is -0.916.